The molecule has 9 heteroatoms. The van der Waals surface area contributed by atoms with Crippen molar-refractivity contribution in [3.8, 4) is 5.75 Å². The lowest BCUT2D eigenvalue weighted by Crippen LogP contribution is -2.49. The van der Waals surface area contributed by atoms with E-state index in [0.717, 1.165) is 133 Å². The van der Waals surface area contributed by atoms with Gasteiger partial charge < -0.3 is 25.2 Å². The van der Waals surface area contributed by atoms with Crippen molar-refractivity contribution in [1.82, 2.24) is 19.7 Å². The number of rotatable bonds is 20. The molecule has 9 nitrogen and oxygen atoms in total. The molecule has 0 saturated carbocycles. The number of unbranched alkanes of at least 4 members (excludes halogenated alkanes) is 2. The summed E-state index contributed by atoms with van der Waals surface area (Å²) < 4.78 is 11.5. The number of likely N-dealkylation sites (tertiary alicyclic amines) is 2. The summed E-state index contributed by atoms with van der Waals surface area (Å²) in [4.78, 5) is 25.1. The highest BCUT2D eigenvalue weighted by atomic mass is 16.5. The number of methoxy groups -OCH3 is 1. The first-order valence-electron chi connectivity index (χ1n) is 18.3. The number of aliphatic hydroxyl groups is 1. The predicted octanol–water partition coefficient (Wildman–Crippen LogP) is 4.72. The van der Waals surface area contributed by atoms with Crippen LogP contribution in [0.4, 0.5) is 0 Å². The zero-order valence-corrected chi connectivity index (χ0v) is 29.4. The van der Waals surface area contributed by atoms with Gasteiger partial charge in [0, 0.05) is 56.8 Å². The molecule has 266 valence electrons. The highest BCUT2D eigenvalue weighted by Crippen LogP contribution is 2.43. The molecule has 3 heterocycles. The molecule has 2 aliphatic heterocycles. The number of benzene rings is 2. The Hall–Kier alpha value is -3.34. The standard InChI is InChI=1S/C40H57N5O4/c1-48-38-16-20-42-30-33(38)31-44-24-18-37(19-25-44)45(26-27-46)22-9-11-29-49-28-10-8-21-43-23-17-36(32-43)40(39(41)47,34-12-4-2-5-13-34)35-14-6-3-7-15-35/h2-7,12-16,20,30,36-37,46H,8-11,17-19,21-29,31-32H2,1H3,(H2,41,47)/t36-/m1/s1. The highest BCUT2D eigenvalue weighted by molar-refractivity contribution is 5.91. The fourth-order valence-corrected chi connectivity index (χ4v) is 8.10. The Morgan fingerprint density at radius 1 is 0.898 bits per heavy atom. The van der Waals surface area contributed by atoms with Crippen LogP contribution >= 0.6 is 0 Å². The fraction of sp³-hybridized carbons (Fsp3) is 0.550. The highest BCUT2D eigenvalue weighted by Gasteiger charge is 2.49. The maximum absolute atomic E-state index is 13.3. The number of aromatic nitrogens is 1. The van der Waals surface area contributed by atoms with E-state index in [1.165, 1.54) is 0 Å². The molecule has 1 atom stereocenters. The van der Waals surface area contributed by atoms with Crippen LogP contribution in [0.15, 0.2) is 79.1 Å². The number of pyridine rings is 1. The van der Waals surface area contributed by atoms with E-state index >= 15 is 0 Å². The first kappa shape index (κ1) is 36.9. The Kier molecular flexibility index (Phi) is 14.4. The lowest BCUT2D eigenvalue weighted by atomic mass is 9.64. The van der Waals surface area contributed by atoms with Crippen LogP contribution in [-0.4, -0.2) is 109 Å². The van der Waals surface area contributed by atoms with Gasteiger partial charge in [-0.05, 0) is 101 Å². The Balaban J connectivity index is 0.975. The second-order valence-electron chi connectivity index (χ2n) is 13.7. The van der Waals surface area contributed by atoms with Gasteiger partial charge in [-0.1, -0.05) is 60.7 Å². The molecule has 3 N–H and O–H groups in total. The van der Waals surface area contributed by atoms with E-state index in [9.17, 15) is 9.90 Å². The van der Waals surface area contributed by atoms with Crippen molar-refractivity contribution < 1.29 is 19.4 Å². The van der Waals surface area contributed by atoms with Gasteiger partial charge in [-0.2, -0.15) is 0 Å². The van der Waals surface area contributed by atoms with Crippen molar-refractivity contribution in [3.05, 3.63) is 95.8 Å². The van der Waals surface area contributed by atoms with Crippen molar-refractivity contribution in [1.29, 1.82) is 0 Å². The van der Waals surface area contributed by atoms with Crippen molar-refractivity contribution in [2.75, 3.05) is 72.7 Å². The van der Waals surface area contributed by atoms with Gasteiger partial charge >= 0.3 is 0 Å². The van der Waals surface area contributed by atoms with E-state index in [2.05, 4.69) is 43.9 Å². The van der Waals surface area contributed by atoms with E-state index in [1.54, 1.807) is 13.3 Å². The molecule has 1 amide bonds. The molecule has 2 aromatic carbocycles. The molecule has 0 radical (unpaired) electrons. The summed E-state index contributed by atoms with van der Waals surface area (Å²) in [7, 11) is 1.71. The Morgan fingerprint density at radius 2 is 1.55 bits per heavy atom. The quantitative estimate of drug-likeness (QED) is 0.167. The van der Waals surface area contributed by atoms with Gasteiger partial charge in [0.2, 0.25) is 5.91 Å². The lowest BCUT2D eigenvalue weighted by Gasteiger charge is -2.38. The van der Waals surface area contributed by atoms with Gasteiger partial charge in [0.1, 0.15) is 11.2 Å². The maximum Gasteiger partial charge on any atom is 0.232 e. The smallest absolute Gasteiger partial charge is 0.232 e. The first-order chi connectivity index (χ1) is 24.1. The Labute approximate surface area is 293 Å². The van der Waals surface area contributed by atoms with Crippen LogP contribution in [0.1, 0.15) is 61.6 Å². The topological polar surface area (TPSA) is 104 Å². The molecule has 2 aliphatic rings. The summed E-state index contributed by atoms with van der Waals surface area (Å²) in [5, 5.41) is 9.73. The van der Waals surface area contributed by atoms with E-state index in [-0.39, 0.29) is 18.4 Å². The summed E-state index contributed by atoms with van der Waals surface area (Å²) in [5.74, 6) is 0.755. The molecule has 0 aliphatic carbocycles. The van der Waals surface area contributed by atoms with Gasteiger partial charge in [0.15, 0.2) is 0 Å². The second kappa shape index (κ2) is 19.2. The van der Waals surface area contributed by atoms with E-state index in [1.807, 2.05) is 48.7 Å². The summed E-state index contributed by atoms with van der Waals surface area (Å²) in [5.41, 5.74) is 8.53. The normalized spacial score (nSPS) is 17.9. The van der Waals surface area contributed by atoms with Crippen LogP contribution in [0.25, 0.3) is 0 Å². The van der Waals surface area contributed by atoms with Crippen LogP contribution in [0.2, 0.25) is 0 Å². The zero-order chi connectivity index (χ0) is 34.3. The third kappa shape index (κ3) is 9.67. The van der Waals surface area contributed by atoms with Crippen molar-refractivity contribution in [2.45, 2.75) is 62.9 Å². The molecule has 49 heavy (non-hydrogen) atoms. The SMILES string of the molecule is COc1ccncc1CN1CCC(N(CCO)CCCCOCCCCN2CC[C@@H](C(C(N)=O)(c3ccccc3)c3ccccc3)C2)CC1. The van der Waals surface area contributed by atoms with Crippen molar-refractivity contribution >= 4 is 5.91 Å². The molecule has 0 unspecified atom stereocenters. The number of carbonyl (C=O) groups excluding carboxylic acids is 1. The zero-order valence-electron chi connectivity index (χ0n) is 29.4. The Bertz CT molecular complexity index is 1350. The molecule has 0 bridgehead atoms. The molecule has 2 fully saturated rings. The number of amides is 1. The van der Waals surface area contributed by atoms with Gasteiger partial charge in [-0.15, -0.1) is 0 Å². The molecule has 5 rings (SSSR count). The van der Waals surface area contributed by atoms with Crippen molar-refractivity contribution in [2.24, 2.45) is 11.7 Å². The number of primary amides is 1. The third-order valence-electron chi connectivity index (χ3n) is 10.7. The second-order valence-corrected chi connectivity index (χ2v) is 13.7. The summed E-state index contributed by atoms with van der Waals surface area (Å²) in [6.45, 7) is 9.26. The van der Waals surface area contributed by atoms with Crippen molar-refractivity contribution in [3.63, 3.8) is 0 Å². The van der Waals surface area contributed by atoms with E-state index in [0.29, 0.717) is 6.04 Å². The summed E-state index contributed by atoms with van der Waals surface area (Å²) in [6, 6.07) is 22.6. The van der Waals surface area contributed by atoms with Crippen LogP contribution in [0.3, 0.4) is 0 Å². The van der Waals surface area contributed by atoms with Gasteiger partial charge in [-0.25, -0.2) is 0 Å². The number of ether oxygens (including phenoxy) is 2. The number of piperidine rings is 1. The molecule has 2 saturated heterocycles. The number of hydrogen-bond donors (Lipinski definition) is 2. The van der Waals surface area contributed by atoms with Gasteiger partial charge in [-0.3, -0.25) is 19.6 Å². The number of nitrogens with two attached hydrogens (primary N) is 1. The average molecular weight is 672 g/mol. The van der Waals surface area contributed by atoms with Gasteiger partial charge in [0.25, 0.3) is 0 Å². The van der Waals surface area contributed by atoms with E-state index < -0.39 is 5.41 Å². The molecule has 1 aromatic heterocycles. The van der Waals surface area contributed by atoms with Crippen LogP contribution in [0, 0.1) is 5.92 Å². The van der Waals surface area contributed by atoms with Crippen LogP contribution in [-0.2, 0) is 21.5 Å². The van der Waals surface area contributed by atoms with Crippen LogP contribution in [0.5, 0.6) is 5.75 Å². The lowest BCUT2D eigenvalue weighted by molar-refractivity contribution is -0.123. The minimum Gasteiger partial charge on any atom is -0.496 e. The minimum atomic E-state index is -0.834. The van der Waals surface area contributed by atoms with Crippen LogP contribution < -0.4 is 10.5 Å². The molecular formula is C40H57N5O4. The average Bonchev–Trinajstić information content (AvgIpc) is 3.61. The molecular weight excluding hydrogens is 614 g/mol. The number of hydrogen-bond acceptors (Lipinski definition) is 8. The summed E-state index contributed by atoms with van der Waals surface area (Å²) in [6.07, 6.45) is 11.0. The summed E-state index contributed by atoms with van der Waals surface area (Å²) >= 11 is 0. The largest absolute Gasteiger partial charge is 0.496 e. The first-order valence-corrected chi connectivity index (χ1v) is 18.3. The number of aliphatic hydroxyl groups excluding tert-OH is 1. The minimum absolute atomic E-state index is 0.125. The molecule has 0 spiro atoms. The fourth-order valence-electron chi connectivity index (χ4n) is 8.10. The third-order valence-corrected chi connectivity index (χ3v) is 10.7. The monoisotopic (exact) mass is 671 g/mol. The number of carbonyl (C=O) groups is 1. The predicted molar refractivity (Wildman–Crippen MR) is 194 cm³/mol. The molecule has 3 aromatic rings. The Morgan fingerprint density at radius 3 is 2.18 bits per heavy atom. The van der Waals surface area contributed by atoms with E-state index in [4.69, 9.17) is 15.2 Å². The van der Waals surface area contributed by atoms with Gasteiger partial charge in [0.05, 0.1) is 13.7 Å². The number of nitrogens with zero attached hydrogens (tertiary/aromatic N) is 4. The maximum atomic E-state index is 13.3.